The fourth-order valence-corrected chi connectivity index (χ4v) is 5.35. The van der Waals surface area contributed by atoms with E-state index >= 15 is 0 Å². The Morgan fingerprint density at radius 2 is 1.69 bits per heavy atom. The van der Waals surface area contributed by atoms with Gasteiger partial charge in [-0.25, -0.2) is 0 Å². The Kier molecular flexibility index (Phi) is 10.2. The van der Waals surface area contributed by atoms with Gasteiger partial charge in [0.05, 0.1) is 13.2 Å². The van der Waals surface area contributed by atoms with Crippen LogP contribution < -0.4 is 4.74 Å². The number of benzene rings is 2. The number of nitrogens with zero attached hydrogens (tertiary/aromatic N) is 3. The van der Waals surface area contributed by atoms with Crippen molar-refractivity contribution in [1.29, 1.82) is 0 Å². The molecule has 5 nitrogen and oxygen atoms in total. The van der Waals surface area contributed by atoms with Gasteiger partial charge in [-0.1, -0.05) is 44.0 Å². The lowest BCUT2D eigenvalue weighted by atomic mass is 9.92. The summed E-state index contributed by atoms with van der Waals surface area (Å²) in [6.07, 6.45) is 3.83. The Morgan fingerprint density at radius 3 is 2.31 bits per heavy atom. The third-order valence-corrected chi connectivity index (χ3v) is 7.48. The molecule has 2 aromatic carbocycles. The number of piperazine rings is 1. The highest BCUT2D eigenvalue weighted by Crippen LogP contribution is 2.35. The molecule has 3 atom stereocenters. The second-order valence-electron chi connectivity index (χ2n) is 9.88. The number of rotatable bonds is 11. The van der Waals surface area contributed by atoms with Crippen molar-refractivity contribution in [2.45, 2.75) is 72.0 Å². The second-order valence-corrected chi connectivity index (χ2v) is 9.88. The molecule has 0 aliphatic carbocycles. The van der Waals surface area contributed by atoms with E-state index in [4.69, 9.17) is 4.74 Å². The maximum absolute atomic E-state index is 12.9. The van der Waals surface area contributed by atoms with Gasteiger partial charge in [-0.05, 0) is 76.1 Å². The average Bonchev–Trinajstić information content (AvgIpc) is 2.88. The van der Waals surface area contributed by atoms with Crippen LogP contribution in [0.2, 0.25) is 0 Å². The maximum atomic E-state index is 12.9. The first-order valence-electron chi connectivity index (χ1n) is 13.5. The highest BCUT2D eigenvalue weighted by Gasteiger charge is 2.34. The molecular weight excluding hydrogens is 434 g/mol. The van der Waals surface area contributed by atoms with E-state index in [-0.39, 0.29) is 11.9 Å². The average molecular weight is 480 g/mol. The molecule has 0 spiro atoms. The predicted molar refractivity (Wildman–Crippen MR) is 145 cm³/mol. The summed E-state index contributed by atoms with van der Waals surface area (Å²) < 4.78 is 5.57. The summed E-state index contributed by atoms with van der Waals surface area (Å²) in [4.78, 5) is 20.0. The third-order valence-electron chi connectivity index (χ3n) is 7.48. The van der Waals surface area contributed by atoms with Crippen molar-refractivity contribution in [2.75, 3.05) is 39.8 Å². The van der Waals surface area contributed by atoms with Crippen LogP contribution in [-0.4, -0.2) is 72.5 Å². The molecule has 0 aromatic heterocycles. The smallest absolute Gasteiger partial charge is 0.253 e. The van der Waals surface area contributed by atoms with Crippen LogP contribution in [0.1, 0.15) is 81.4 Å². The number of methoxy groups -OCH3 is 1. The van der Waals surface area contributed by atoms with Gasteiger partial charge in [0.25, 0.3) is 5.91 Å². The molecule has 0 bridgehead atoms. The van der Waals surface area contributed by atoms with E-state index in [1.807, 2.05) is 36.9 Å². The Bertz CT molecular complexity index is 925. The number of amides is 1. The van der Waals surface area contributed by atoms with Crippen LogP contribution in [0.5, 0.6) is 5.75 Å². The zero-order valence-corrected chi connectivity index (χ0v) is 22.7. The number of carbonyl (C=O) groups excluding carboxylic acids is 1. The molecule has 1 aliphatic heterocycles. The number of carbonyl (C=O) groups is 1. The lowest BCUT2D eigenvalue weighted by molar-refractivity contribution is 0.0232. The van der Waals surface area contributed by atoms with E-state index in [1.54, 1.807) is 7.11 Å². The highest BCUT2D eigenvalue weighted by atomic mass is 16.5. The van der Waals surface area contributed by atoms with Gasteiger partial charge in [-0.15, -0.1) is 0 Å². The number of ether oxygens (including phenoxy) is 1. The first-order chi connectivity index (χ1) is 16.9. The van der Waals surface area contributed by atoms with Crippen LogP contribution in [-0.2, 0) is 0 Å². The monoisotopic (exact) mass is 479 g/mol. The fraction of sp³-hybridized carbons (Fsp3) is 0.567. The van der Waals surface area contributed by atoms with Crippen molar-refractivity contribution in [2.24, 2.45) is 0 Å². The Hall–Kier alpha value is -2.37. The van der Waals surface area contributed by atoms with Gasteiger partial charge in [0, 0.05) is 43.8 Å². The van der Waals surface area contributed by atoms with Crippen molar-refractivity contribution in [3.63, 3.8) is 0 Å². The molecule has 0 N–H and O–H groups in total. The van der Waals surface area contributed by atoms with E-state index in [1.165, 1.54) is 36.9 Å². The zero-order chi connectivity index (χ0) is 25.4. The van der Waals surface area contributed by atoms with E-state index in [0.29, 0.717) is 12.1 Å². The molecule has 0 radical (unpaired) electrons. The first-order valence-corrected chi connectivity index (χ1v) is 13.5. The molecule has 1 amide bonds. The largest absolute Gasteiger partial charge is 0.497 e. The molecule has 35 heavy (non-hydrogen) atoms. The molecule has 1 fully saturated rings. The zero-order valence-electron chi connectivity index (χ0n) is 22.7. The van der Waals surface area contributed by atoms with Gasteiger partial charge < -0.3 is 9.64 Å². The Labute approximate surface area is 213 Å². The van der Waals surface area contributed by atoms with Crippen LogP contribution >= 0.6 is 0 Å². The van der Waals surface area contributed by atoms with Gasteiger partial charge in [0.2, 0.25) is 0 Å². The molecule has 1 heterocycles. The normalized spacial score (nSPS) is 19.9. The van der Waals surface area contributed by atoms with Gasteiger partial charge in [0.1, 0.15) is 5.75 Å². The van der Waals surface area contributed by atoms with E-state index in [0.717, 1.165) is 37.5 Å². The number of hydrogen-bond acceptors (Lipinski definition) is 4. The lowest BCUT2D eigenvalue weighted by Gasteiger charge is -2.47. The first kappa shape index (κ1) is 27.2. The van der Waals surface area contributed by atoms with E-state index < -0.39 is 0 Å². The molecular formula is C30H45N3O2. The minimum Gasteiger partial charge on any atom is -0.497 e. The van der Waals surface area contributed by atoms with Gasteiger partial charge >= 0.3 is 0 Å². The number of unbranched alkanes of at least 4 members (excludes halogenated alkanes) is 2. The minimum absolute atomic E-state index is 0.0992. The molecule has 3 rings (SSSR count). The van der Waals surface area contributed by atoms with Crippen LogP contribution in [0.3, 0.4) is 0 Å². The van der Waals surface area contributed by atoms with Gasteiger partial charge in [0.15, 0.2) is 0 Å². The maximum Gasteiger partial charge on any atom is 0.253 e. The van der Waals surface area contributed by atoms with Crippen molar-refractivity contribution in [3.8, 4) is 5.75 Å². The Balaban J connectivity index is 1.91. The van der Waals surface area contributed by atoms with E-state index in [9.17, 15) is 4.79 Å². The molecule has 0 saturated carbocycles. The molecule has 5 heteroatoms. The number of hydrogen-bond donors (Lipinski definition) is 0. The van der Waals surface area contributed by atoms with Gasteiger partial charge in [-0.3, -0.25) is 14.6 Å². The second kappa shape index (κ2) is 13.1. The minimum atomic E-state index is 0.0992. The molecule has 1 aliphatic rings. The molecule has 0 unspecified atom stereocenters. The summed E-state index contributed by atoms with van der Waals surface area (Å²) in [7, 11) is 1.72. The topological polar surface area (TPSA) is 36.0 Å². The van der Waals surface area contributed by atoms with Crippen molar-refractivity contribution < 1.29 is 9.53 Å². The van der Waals surface area contributed by atoms with Crippen LogP contribution in [0.15, 0.2) is 48.5 Å². The summed E-state index contributed by atoms with van der Waals surface area (Å²) in [6, 6.07) is 17.8. The molecule has 2 aromatic rings. The predicted octanol–water partition coefficient (Wildman–Crippen LogP) is 5.85. The van der Waals surface area contributed by atoms with Crippen LogP contribution in [0, 0.1) is 0 Å². The standard InChI is InChI=1S/C30H45N3O2/c1-7-10-11-19-32-21-24(5)33(22-23(32)4)29(27-13-12-14-28(20-27)35-6)25-15-17-26(18-16-25)30(34)31(8-2)9-3/h12-18,20,23-24,29H,7-11,19,21-22H2,1-6H3/t23-,24+,29-/m1/s1. The van der Waals surface area contributed by atoms with Crippen LogP contribution in [0.4, 0.5) is 0 Å². The summed E-state index contributed by atoms with van der Waals surface area (Å²) in [5.74, 6) is 0.974. The fourth-order valence-electron chi connectivity index (χ4n) is 5.35. The highest BCUT2D eigenvalue weighted by molar-refractivity contribution is 5.94. The van der Waals surface area contributed by atoms with Crippen molar-refractivity contribution in [3.05, 3.63) is 65.2 Å². The van der Waals surface area contributed by atoms with Gasteiger partial charge in [-0.2, -0.15) is 0 Å². The van der Waals surface area contributed by atoms with Crippen molar-refractivity contribution >= 4 is 5.91 Å². The summed E-state index contributed by atoms with van der Waals surface area (Å²) in [6.45, 7) is 15.7. The Morgan fingerprint density at radius 1 is 0.971 bits per heavy atom. The van der Waals surface area contributed by atoms with Crippen LogP contribution in [0.25, 0.3) is 0 Å². The lowest BCUT2D eigenvalue weighted by Crippen LogP contribution is -2.57. The quantitative estimate of drug-likeness (QED) is 0.379. The molecule has 1 saturated heterocycles. The van der Waals surface area contributed by atoms with E-state index in [2.05, 4.69) is 60.9 Å². The SMILES string of the molecule is CCCCCN1C[C@H](C)N([C@H](c2ccc(C(=O)N(CC)CC)cc2)c2cccc(OC)c2)C[C@H]1C. The van der Waals surface area contributed by atoms with Crippen molar-refractivity contribution in [1.82, 2.24) is 14.7 Å². The third kappa shape index (κ3) is 6.65. The summed E-state index contributed by atoms with van der Waals surface area (Å²) >= 11 is 0. The molecule has 192 valence electrons. The summed E-state index contributed by atoms with van der Waals surface area (Å²) in [5, 5.41) is 0. The summed E-state index contributed by atoms with van der Waals surface area (Å²) in [5.41, 5.74) is 3.20.